The number of halogens is 2. The number of amides is 2. The standard InChI is InChI=1S/C12H14Cl2N6O/c1-6-4-9(14)10(5-8(6)13)16-12(21)15-7(2)11-17-18-19-20(11)3/h4-5,7H,1-3H3,(H2,15,16,21). The summed E-state index contributed by atoms with van der Waals surface area (Å²) in [5, 5.41) is 17.4. The van der Waals surface area contributed by atoms with Gasteiger partial charge in [0, 0.05) is 12.1 Å². The van der Waals surface area contributed by atoms with Gasteiger partial charge in [-0.15, -0.1) is 5.10 Å². The van der Waals surface area contributed by atoms with Gasteiger partial charge in [-0.1, -0.05) is 23.2 Å². The number of hydrogen-bond donors (Lipinski definition) is 2. The van der Waals surface area contributed by atoms with Crippen molar-refractivity contribution in [1.29, 1.82) is 0 Å². The molecule has 9 heteroatoms. The Morgan fingerprint density at radius 1 is 1.33 bits per heavy atom. The maximum atomic E-state index is 12.0. The van der Waals surface area contributed by atoms with Crippen molar-refractivity contribution in [3.63, 3.8) is 0 Å². The van der Waals surface area contributed by atoms with Crippen molar-refractivity contribution in [2.45, 2.75) is 19.9 Å². The molecule has 0 aliphatic carbocycles. The third kappa shape index (κ3) is 3.62. The lowest BCUT2D eigenvalue weighted by Gasteiger charge is -2.14. The van der Waals surface area contributed by atoms with E-state index in [1.807, 2.05) is 6.92 Å². The molecule has 0 aliphatic rings. The van der Waals surface area contributed by atoms with Gasteiger partial charge in [-0.25, -0.2) is 9.48 Å². The number of aryl methyl sites for hydroxylation is 2. The first-order valence-electron chi connectivity index (χ1n) is 6.14. The molecule has 0 bridgehead atoms. The number of nitrogens with one attached hydrogen (secondary N) is 2. The van der Waals surface area contributed by atoms with E-state index in [0.29, 0.717) is 21.6 Å². The summed E-state index contributed by atoms with van der Waals surface area (Å²) in [6.45, 7) is 3.61. The normalized spacial score (nSPS) is 12.0. The SMILES string of the molecule is Cc1cc(Cl)c(NC(=O)NC(C)c2nnnn2C)cc1Cl. The number of benzene rings is 1. The van der Waals surface area contributed by atoms with Crippen LogP contribution in [0.5, 0.6) is 0 Å². The first kappa shape index (κ1) is 15.5. The van der Waals surface area contributed by atoms with Gasteiger partial charge in [-0.2, -0.15) is 0 Å². The predicted octanol–water partition coefficient (Wildman–Crippen LogP) is 2.71. The van der Waals surface area contributed by atoms with Crippen LogP contribution in [0.1, 0.15) is 24.4 Å². The van der Waals surface area contributed by atoms with Crippen molar-refractivity contribution in [2.24, 2.45) is 7.05 Å². The highest BCUT2D eigenvalue weighted by Gasteiger charge is 2.16. The van der Waals surface area contributed by atoms with E-state index in [4.69, 9.17) is 23.2 Å². The third-order valence-electron chi connectivity index (χ3n) is 2.88. The summed E-state index contributed by atoms with van der Waals surface area (Å²) < 4.78 is 1.49. The van der Waals surface area contributed by atoms with Gasteiger partial charge < -0.3 is 10.6 Å². The minimum atomic E-state index is -0.424. The Kier molecular flexibility index (Phi) is 4.64. The van der Waals surface area contributed by atoms with Crippen LogP contribution in [-0.2, 0) is 7.05 Å². The van der Waals surface area contributed by atoms with Crippen molar-refractivity contribution in [3.8, 4) is 0 Å². The average Bonchev–Trinajstić information content (AvgIpc) is 2.82. The van der Waals surface area contributed by atoms with Crippen molar-refractivity contribution in [1.82, 2.24) is 25.5 Å². The van der Waals surface area contributed by atoms with E-state index in [1.54, 1.807) is 26.1 Å². The molecular weight excluding hydrogens is 315 g/mol. The molecule has 2 rings (SSSR count). The number of tetrazole rings is 1. The zero-order valence-electron chi connectivity index (χ0n) is 11.7. The molecule has 1 unspecified atom stereocenters. The molecule has 1 heterocycles. The summed E-state index contributed by atoms with van der Waals surface area (Å²) >= 11 is 12.1. The van der Waals surface area contributed by atoms with E-state index in [1.165, 1.54) is 4.68 Å². The fraction of sp³-hybridized carbons (Fsp3) is 0.333. The minimum absolute atomic E-state index is 0.357. The van der Waals surface area contributed by atoms with Crippen LogP contribution in [0.15, 0.2) is 12.1 Å². The van der Waals surface area contributed by atoms with Crippen LogP contribution in [0.25, 0.3) is 0 Å². The molecule has 0 saturated heterocycles. The van der Waals surface area contributed by atoms with E-state index in [-0.39, 0.29) is 6.04 Å². The number of hydrogen-bond acceptors (Lipinski definition) is 4. The smallest absolute Gasteiger partial charge is 0.319 e. The largest absolute Gasteiger partial charge is 0.328 e. The van der Waals surface area contributed by atoms with Crippen LogP contribution in [0.2, 0.25) is 10.0 Å². The molecule has 0 saturated carbocycles. The van der Waals surface area contributed by atoms with E-state index >= 15 is 0 Å². The van der Waals surface area contributed by atoms with Crippen LogP contribution >= 0.6 is 23.2 Å². The third-order valence-corrected chi connectivity index (χ3v) is 3.60. The second-order valence-corrected chi connectivity index (χ2v) is 5.38. The number of carbonyl (C=O) groups is 1. The van der Waals surface area contributed by atoms with Gasteiger partial charge in [-0.3, -0.25) is 0 Å². The summed E-state index contributed by atoms with van der Waals surface area (Å²) in [5.74, 6) is 0.540. The van der Waals surface area contributed by atoms with Gasteiger partial charge >= 0.3 is 6.03 Å². The maximum Gasteiger partial charge on any atom is 0.319 e. The lowest BCUT2D eigenvalue weighted by Crippen LogP contribution is -2.32. The number of carbonyl (C=O) groups excluding carboxylic acids is 1. The van der Waals surface area contributed by atoms with Gasteiger partial charge in [0.1, 0.15) is 0 Å². The number of rotatable bonds is 3. The lowest BCUT2D eigenvalue weighted by molar-refractivity contribution is 0.248. The van der Waals surface area contributed by atoms with Crippen molar-refractivity contribution in [3.05, 3.63) is 33.6 Å². The first-order valence-corrected chi connectivity index (χ1v) is 6.89. The topological polar surface area (TPSA) is 84.7 Å². The van der Waals surface area contributed by atoms with E-state index < -0.39 is 6.03 Å². The summed E-state index contributed by atoms with van der Waals surface area (Å²) in [6, 6.07) is 2.51. The zero-order valence-corrected chi connectivity index (χ0v) is 13.2. The Bertz CT molecular complexity index is 672. The summed E-state index contributed by atoms with van der Waals surface area (Å²) in [7, 11) is 1.70. The molecule has 0 radical (unpaired) electrons. The second kappa shape index (κ2) is 6.28. The Balaban J connectivity index is 2.05. The first-order chi connectivity index (χ1) is 9.88. The van der Waals surface area contributed by atoms with Gasteiger partial charge in [0.15, 0.2) is 5.82 Å². The molecule has 0 spiro atoms. The maximum absolute atomic E-state index is 12.0. The molecule has 2 N–H and O–H groups in total. The van der Waals surface area contributed by atoms with Crippen LogP contribution in [0, 0.1) is 6.92 Å². The predicted molar refractivity (Wildman–Crippen MR) is 80.6 cm³/mol. The highest BCUT2D eigenvalue weighted by atomic mass is 35.5. The molecule has 2 amide bonds. The Morgan fingerprint density at radius 3 is 2.67 bits per heavy atom. The number of aromatic nitrogens is 4. The second-order valence-electron chi connectivity index (χ2n) is 4.56. The molecule has 7 nitrogen and oxygen atoms in total. The van der Waals surface area contributed by atoms with Gasteiger partial charge in [0.25, 0.3) is 0 Å². The molecule has 1 aromatic carbocycles. The molecule has 2 aromatic rings. The molecule has 0 fully saturated rings. The summed E-state index contributed by atoms with van der Waals surface area (Å²) in [6.07, 6.45) is 0. The highest BCUT2D eigenvalue weighted by molar-refractivity contribution is 6.36. The highest BCUT2D eigenvalue weighted by Crippen LogP contribution is 2.28. The van der Waals surface area contributed by atoms with Crippen LogP contribution < -0.4 is 10.6 Å². The van der Waals surface area contributed by atoms with Crippen LogP contribution in [0.3, 0.4) is 0 Å². The van der Waals surface area contributed by atoms with Crippen molar-refractivity contribution < 1.29 is 4.79 Å². The Hall–Kier alpha value is -1.86. The molecule has 1 atom stereocenters. The van der Waals surface area contributed by atoms with Crippen molar-refractivity contribution in [2.75, 3.05) is 5.32 Å². The van der Waals surface area contributed by atoms with Crippen LogP contribution in [0.4, 0.5) is 10.5 Å². The molecule has 0 aliphatic heterocycles. The zero-order chi connectivity index (χ0) is 15.6. The summed E-state index contributed by atoms with van der Waals surface area (Å²) in [5.41, 5.74) is 1.28. The summed E-state index contributed by atoms with van der Waals surface area (Å²) in [4.78, 5) is 12.0. The van der Waals surface area contributed by atoms with E-state index in [2.05, 4.69) is 26.2 Å². The van der Waals surface area contributed by atoms with Gasteiger partial charge in [0.05, 0.1) is 16.8 Å². The van der Waals surface area contributed by atoms with E-state index in [0.717, 1.165) is 5.56 Å². The van der Waals surface area contributed by atoms with Gasteiger partial charge in [-0.05, 0) is 42.0 Å². The lowest BCUT2D eigenvalue weighted by atomic mass is 10.2. The average molecular weight is 329 g/mol. The quantitative estimate of drug-likeness (QED) is 0.907. The van der Waals surface area contributed by atoms with Crippen LogP contribution in [-0.4, -0.2) is 26.2 Å². The van der Waals surface area contributed by atoms with Gasteiger partial charge in [0.2, 0.25) is 0 Å². The fourth-order valence-electron chi connectivity index (χ4n) is 1.76. The molecular formula is C12H14Cl2N6O. The molecule has 112 valence electrons. The number of anilines is 1. The van der Waals surface area contributed by atoms with E-state index in [9.17, 15) is 4.79 Å². The molecule has 1 aromatic heterocycles. The Labute approximate surface area is 131 Å². The fourth-order valence-corrected chi connectivity index (χ4v) is 2.19. The van der Waals surface area contributed by atoms with Crippen molar-refractivity contribution >= 4 is 34.9 Å². The minimum Gasteiger partial charge on any atom is -0.328 e. The number of nitrogens with zero attached hydrogens (tertiary/aromatic N) is 4. The Morgan fingerprint density at radius 2 is 2.05 bits per heavy atom. The monoisotopic (exact) mass is 328 g/mol. The number of urea groups is 1. The molecule has 21 heavy (non-hydrogen) atoms.